The summed E-state index contributed by atoms with van der Waals surface area (Å²) in [4.78, 5) is 39.6. The van der Waals surface area contributed by atoms with Crippen LogP contribution in [0.2, 0.25) is 0 Å². The minimum atomic E-state index is -0.455. The van der Waals surface area contributed by atoms with Gasteiger partial charge >= 0.3 is 0 Å². The molecule has 2 unspecified atom stereocenters. The largest absolute Gasteiger partial charge is 0.471 e. The molecule has 3 aliphatic heterocycles. The minimum absolute atomic E-state index is 0.153. The fraction of sp³-hybridized carbons (Fsp3) is 0.367. The van der Waals surface area contributed by atoms with Crippen molar-refractivity contribution in [2.45, 2.75) is 45.3 Å². The van der Waals surface area contributed by atoms with Crippen molar-refractivity contribution in [2.24, 2.45) is 9.98 Å². The van der Waals surface area contributed by atoms with E-state index in [0.717, 1.165) is 21.4 Å². The molecular weight excluding hydrogens is 572 g/mol. The van der Waals surface area contributed by atoms with Gasteiger partial charge in [0.2, 0.25) is 11.8 Å². The molecule has 0 N–H and O–H groups in total. The molecule has 1 aromatic heterocycles. The van der Waals surface area contributed by atoms with Crippen LogP contribution in [0.5, 0.6) is 5.88 Å². The first kappa shape index (κ1) is 26.4. The van der Waals surface area contributed by atoms with Crippen LogP contribution in [0.25, 0.3) is 5.69 Å². The summed E-state index contributed by atoms with van der Waals surface area (Å²) in [6, 6.07) is 11.6. The number of nitrogens with zero attached hydrogens (tertiary/aromatic N) is 6. The van der Waals surface area contributed by atoms with E-state index < -0.39 is 6.04 Å². The van der Waals surface area contributed by atoms with Crippen molar-refractivity contribution in [1.82, 2.24) is 19.6 Å². The van der Waals surface area contributed by atoms with Gasteiger partial charge in [-0.15, -0.1) is 5.10 Å². The minimum Gasteiger partial charge on any atom is -0.471 e. The third-order valence-corrected chi connectivity index (χ3v) is 8.45. The molecule has 40 heavy (non-hydrogen) atoms. The highest BCUT2D eigenvalue weighted by molar-refractivity contribution is 9.10. The van der Waals surface area contributed by atoms with Crippen LogP contribution < -0.4 is 15.5 Å². The first-order chi connectivity index (χ1) is 19.3. The highest BCUT2D eigenvalue weighted by Gasteiger charge is 2.41. The van der Waals surface area contributed by atoms with Gasteiger partial charge in [0, 0.05) is 24.0 Å². The highest BCUT2D eigenvalue weighted by Crippen LogP contribution is 2.40. The molecule has 2 atom stereocenters. The Kier molecular flexibility index (Phi) is 6.82. The molecule has 0 aliphatic carbocycles. The van der Waals surface area contributed by atoms with Gasteiger partial charge in [-0.25, -0.2) is 4.68 Å². The van der Waals surface area contributed by atoms with Crippen molar-refractivity contribution in [1.29, 1.82) is 0 Å². The number of amides is 2. The van der Waals surface area contributed by atoms with Gasteiger partial charge in [0.25, 0.3) is 5.91 Å². The molecule has 10 heteroatoms. The van der Waals surface area contributed by atoms with Crippen LogP contribution in [-0.4, -0.2) is 63.8 Å². The second-order valence-electron chi connectivity index (χ2n) is 10.7. The number of aromatic nitrogens is 2. The summed E-state index contributed by atoms with van der Waals surface area (Å²) in [7, 11) is 0. The molecule has 3 aliphatic rings. The van der Waals surface area contributed by atoms with Gasteiger partial charge < -0.3 is 14.5 Å². The molecule has 206 valence electrons. The number of carbonyl (C=O) groups excluding carboxylic acids is 2. The number of hydrogen-bond acceptors (Lipinski definition) is 6. The molecule has 9 nitrogen and oxygen atoms in total. The lowest BCUT2D eigenvalue weighted by Crippen LogP contribution is -2.50. The van der Waals surface area contributed by atoms with Gasteiger partial charge in [0.15, 0.2) is 0 Å². The average Bonchev–Trinajstić information content (AvgIpc) is 3.57. The van der Waals surface area contributed by atoms with E-state index in [1.54, 1.807) is 11.0 Å². The number of fused-ring (bicyclic) bond motifs is 1. The van der Waals surface area contributed by atoms with E-state index in [4.69, 9.17) is 9.84 Å². The Morgan fingerprint density at radius 3 is 2.58 bits per heavy atom. The maximum Gasteiger partial charge on any atom is 0.256 e. The van der Waals surface area contributed by atoms with Crippen molar-refractivity contribution < 1.29 is 14.3 Å². The fourth-order valence-electron chi connectivity index (χ4n) is 5.79. The molecule has 0 radical (unpaired) electrons. The first-order valence-corrected chi connectivity index (χ1v) is 14.3. The van der Waals surface area contributed by atoms with Crippen molar-refractivity contribution in [3.63, 3.8) is 0 Å². The molecule has 2 aromatic carbocycles. The van der Waals surface area contributed by atoms with Crippen LogP contribution in [0.3, 0.4) is 0 Å². The fourth-order valence-corrected chi connectivity index (χ4v) is 6.24. The normalized spacial score (nSPS) is 19.5. The number of hydrogen-bond donors (Lipinski definition) is 0. The molecule has 3 aromatic rings. The molecule has 0 saturated carbocycles. The Balaban J connectivity index is 1.48. The van der Waals surface area contributed by atoms with E-state index in [-0.39, 0.29) is 17.9 Å². The Labute approximate surface area is 241 Å². The van der Waals surface area contributed by atoms with E-state index in [1.165, 1.54) is 11.6 Å². The Hall–Kier alpha value is -3.79. The summed E-state index contributed by atoms with van der Waals surface area (Å²) in [5.74, 6) is 0.573. The van der Waals surface area contributed by atoms with Crippen LogP contribution in [0, 0.1) is 0 Å². The summed E-state index contributed by atoms with van der Waals surface area (Å²) in [5.41, 5.74) is 4.52. The third-order valence-electron chi connectivity index (χ3n) is 7.81. The van der Waals surface area contributed by atoms with Crippen LogP contribution in [-0.2, 0) is 11.2 Å². The zero-order valence-electron chi connectivity index (χ0n) is 22.8. The standard InChI is InChI=1S/C30H31BrN6O3/c1-5-25(38)35-14-18(4)40-29-26-23(37(34-29)20-8-6-19(7-9-20)17(2)3)12-13-36(24(26)15-35)30(39)21-10-11-22(31)28-27(21)32-16-33-28/h5-11,17-18,24H,1,12-16H2,2-4H3. The Bertz CT molecular complexity index is 1640. The summed E-state index contributed by atoms with van der Waals surface area (Å²) < 4.78 is 9.11. The van der Waals surface area contributed by atoms with Gasteiger partial charge in [0.05, 0.1) is 45.8 Å². The van der Waals surface area contributed by atoms with Gasteiger partial charge in [-0.3, -0.25) is 19.6 Å². The molecule has 0 bridgehead atoms. The van der Waals surface area contributed by atoms with Crippen molar-refractivity contribution in [3.8, 4) is 11.6 Å². The molecule has 0 saturated heterocycles. The summed E-state index contributed by atoms with van der Waals surface area (Å²) >= 11 is 3.53. The maximum atomic E-state index is 14.2. The van der Waals surface area contributed by atoms with E-state index >= 15 is 0 Å². The van der Waals surface area contributed by atoms with Gasteiger partial charge in [-0.05, 0) is 64.7 Å². The number of ether oxygens (including phenoxy) is 1. The van der Waals surface area contributed by atoms with Gasteiger partial charge in [-0.1, -0.05) is 32.6 Å². The van der Waals surface area contributed by atoms with Crippen LogP contribution in [0.15, 0.2) is 63.5 Å². The van der Waals surface area contributed by atoms with E-state index in [0.29, 0.717) is 60.8 Å². The smallest absolute Gasteiger partial charge is 0.256 e. The van der Waals surface area contributed by atoms with Gasteiger partial charge in [0.1, 0.15) is 12.8 Å². The molecule has 4 heterocycles. The monoisotopic (exact) mass is 602 g/mol. The van der Waals surface area contributed by atoms with Crippen LogP contribution in [0.4, 0.5) is 0 Å². The van der Waals surface area contributed by atoms with E-state index in [2.05, 4.69) is 70.6 Å². The summed E-state index contributed by atoms with van der Waals surface area (Å²) in [6.45, 7) is 11.4. The summed E-state index contributed by atoms with van der Waals surface area (Å²) in [6.07, 6.45) is 1.61. The maximum absolute atomic E-state index is 14.2. The molecule has 2 amide bonds. The zero-order valence-corrected chi connectivity index (χ0v) is 24.4. The van der Waals surface area contributed by atoms with E-state index in [1.807, 2.05) is 22.6 Å². The molecular formula is C30H31BrN6O3. The van der Waals surface area contributed by atoms with Crippen molar-refractivity contribution in [3.05, 3.63) is 86.6 Å². The first-order valence-electron chi connectivity index (χ1n) is 13.6. The van der Waals surface area contributed by atoms with Crippen LogP contribution in [0.1, 0.15) is 59.9 Å². The topological polar surface area (TPSA) is 92.4 Å². The number of halogens is 1. The lowest BCUT2D eigenvalue weighted by atomic mass is 9.95. The predicted molar refractivity (Wildman–Crippen MR) is 153 cm³/mol. The number of benzene rings is 2. The number of rotatable bonds is 4. The Morgan fingerprint density at radius 1 is 1.10 bits per heavy atom. The third kappa shape index (κ3) is 4.44. The second-order valence-corrected chi connectivity index (χ2v) is 11.6. The summed E-state index contributed by atoms with van der Waals surface area (Å²) in [5, 5.41) is 6.22. The van der Waals surface area contributed by atoms with Crippen LogP contribution >= 0.6 is 15.9 Å². The molecule has 0 spiro atoms. The SMILES string of the molecule is C=CC(=O)N1CC(C)Oc2nn(-c3ccc(C(C)C)cc3)c3c2C(C1)N(C(=O)c1ccc(Br)c2c1=NCN=2)CC3. The van der Waals surface area contributed by atoms with E-state index in [9.17, 15) is 9.59 Å². The van der Waals surface area contributed by atoms with Crippen molar-refractivity contribution >= 4 is 27.7 Å². The molecule has 0 fully saturated rings. The average molecular weight is 604 g/mol. The quantitative estimate of drug-likeness (QED) is 0.427. The second kappa shape index (κ2) is 10.3. The number of carbonyl (C=O) groups is 2. The highest BCUT2D eigenvalue weighted by atomic mass is 79.9. The lowest BCUT2D eigenvalue weighted by molar-refractivity contribution is -0.128. The molecule has 6 rings (SSSR count). The lowest BCUT2D eigenvalue weighted by Gasteiger charge is -2.40. The van der Waals surface area contributed by atoms with Crippen molar-refractivity contribution in [2.75, 3.05) is 26.3 Å². The van der Waals surface area contributed by atoms with Gasteiger partial charge in [-0.2, -0.15) is 0 Å². The zero-order chi connectivity index (χ0) is 28.1. The Morgan fingerprint density at radius 2 is 1.85 bits per heavy atom. The predicted octanol–water partition coefficient (Wildman–Crippen LogP) is 3.50.